The van der Waals surface area contributed by atoms with Gasteiger partial charge in [-0.1, -0.05) is 25.7 Å². The molecule has 1 aliphatic rings. The molecule has 0 bridgehead atoms. The maximum absolute atomic E-state index is 13.4. The highest BCUT2D eigenvalue weighted by molar-refractivity contribution is 7.89. The Labute approximate surface area is 196 Å². The van der Waals surface area contributed by atoms with Gasteiger partial charge in [0.2, 0.25) is 10.0 Å². The molecule has 0 saturated carbocycles. The number of aliphatic hydroxyl groups is 2. The standard InChI is InChI=1S/C23H35N3O6S/c1-6-11-24-23(29)25(5)14-21-16(2)13-26(17(3)15-27)33(30,31)22-10-9-19(8-7-18(4)28)12-20(22)32-21/h9-10,12,16-18,21,27-28H,6,11,13-15H2,1-5H3,(H,24,29)/t16-,17-,18+,21+/m1/s1. The number of likely N-dealkylation sites (N-methyl/N-ethyl adjacent to an activating group) is 1. The minimum Gasteiger partial charge on any atom is -0.487 e. The lowest BCUT2D eigenvalue weighted by atomic mass is 10.0. The van der Waals surface area contributed by atoms with Crippen LogP contribution < -0.4 is 10.1 Å². The zero-order valence-electron chi connectivity index (χ0n) is 19.9. The zero-order valence-corrected chi connectivity index (χ0v) is 20.7. The predicted molar refractivity (Wildman–Crippen MR) is 125 cm³/mol. The molecular weight excluding hydrogens is 446 g/mol. The molecule has 0 spiro atoms. The Bertz CT molecular complexity index is 986. The third kappa shape index (κ3) is 6.84. The van der Waals surface area contributed by atoms with Crippen molar-refractivity contribution in [3.05, 3.63) is 23.8 Å². The average molecular weight is 482 g/mol. The van der Waals surface area contributed by atoms with E-state index in [0.29, 0.717) is 12.1 Å². The number of nitrogens with one attached hydrogen (secondary N) is 1. The summed E-state index contributed by atoms with van der Waals surface area (Å²) in [6.45, 7) is 7.59. The highest BCUT2D eigenvalue weighted by Gasteiger charge is 2.38. The van der Waals surface area contributed by atoms with Gasteiger partial charge in [0, 0.05) is 37.7 Å². The lowest BCUT2D eigenvalue weighted by Crippen LogP contribution is -2.51. The largest absolute Gasteiger partial charge is 0.487 e. The summed E-state index contributed by atoms with van der Waals surface area (Å²) in [6, 6.07) is 3.65. The summed E-state index contributed by atoms with van der Waals surface area (Å²) in [5.74, 6) is 5.29. The van der Waals surface area contributed by atoms with Crippen LogP contribution in [0.1, 0.15) is 39.7 Å². The van der Waals surface area contributed by atoms with Crippen LogP contribution in [0, 0.1) is 17.8 Å². The van der Waals surface area contributed by atoms with E-state index in [1.807, 2.05) is 13.8 Å². The molecule has 1 aromatic rings. The van der Waals surface area contributed by atoms with Gasteiger partial charge in [0.25, 0.3) is 0 Å². The molecule has 10 heteroatoms. The van der Waals surface area contributed by atoms with E-state index < -0.39 is 28.3 Å². The van der Waals surface area contributed by atoms with Crippen LogP contribution in [0.25, 0.3) is 0 Å². The summed E-state index contributed by atoms with van der Waals surface area (Å²) in [4.78, 5) is 13.9. The number of carbonyl (C=O) groups is 1. The number of hydrogen-bond donors (Lipinski definition) is 3. The maximum atomic E-state index is 13.4. The Morgan fingerprint density at radius 2 is 2.09 bits per heavy atom. The number of hydrogen-bond acceptors (Lipinski definition) is 6. The summed E-state index contributed by atoms with van der Waals surface area (Å²) >= 11 is 0. The Balaban J connectivity index is 2.51. The van der Waals surface area contributed by atoms with Crippen LogP contribution in [0.5, 0.6) is 5.75 Å². The summed E-state index contributed by atoms with van der Waals surface area (Å²) in [5.41, 5.74) is 0.493. The second-order valence-corrected chi connectivity index (χ2v) is 10.3. The molecule has 0 saturated heterocycles. The van der Waals surface area contributed by atoms with E-state index in [2.05, 4.69) is 17.2 Å². The molecule has 0 aliphatic carbocycles. The van der Waals surface area contributed by atoms with Gasteiger partial charge in [0.15, 0.2) is 0 Å². The van der Waals surface area contributed by atoms with Crippen LogP contribution in [-0.4, -0.2) is 85.4 Å². The molecule has 2 amide bonds. The van der Waals surface area contributed by atoms with Crippen molar-refractivity contribution in [1.82, 2.24) is 14.5 Å². The molecule has 0 unspecified atom stereocenters. The smallest absolute Gasteiger partial charge is 0.317 e. The molecule has 33 heavy (non-hydrogen) atoms. The van der Waals surface area contributed by atoms with Gasteiger partial charge in [-0.3, -0.25) is 0 Å². The van der Waals surface area contributed by atoms with Gasteiger partial charge in [0.1, 0.15) is 22.9 Å². The van der Waals surface area contributed by atoms with E-state index in [1.165, 1.54) is 28.3 Å². The third-order valence-corrected chi connectivity index (χ3v) is 7.44. The molecule has 3 N–H and O–H groups in total. The molecule has 1 aromatic carbocycles. The number of amides is 2. The number of carbonyl (C=O) groups excluding carboxylic acids is 1. The van der Waals surface area contributed by atoms with Gasteiger partial charge >= 0.3 is 6.03 Å². The number of aliphatic hydroxyl groups excluding tert-OH is 2. The van der Waals surface area contributed by atoms with Crippen LogP contribution in [0.2, 0.25) is 0 Å². The Kier molecular flexibility index (Phi) is 9.55. The fourth-order valence-electron chi connectivity index (χ4n) is 3.43. The number of ether oxygens (including phenoxy) is 1. The number of benzene rings is 1. The lowest BCUT2D eigenvalue weighted by Gasteiger charge is -2.37. The second-order valence-electron chi connectivity index (χ2n) is 8.46. The lowest BCUT2D eigenvalue weighted by molar-refractivity contribution is 0.0812. The van der Waals surface area contributed by atoms with Gasteiger partial charge in [0.05, 0.1) is 13.2 Å². The molecule has 0 radical (unpaired) electrons. The minimum atomic E-state index is -3.96. The quantitative estimate of drug-likeness (QED) is 0.526. The van der Waals surface area contributed by atoms with Crippen molar-refractivity contribution in [2.24, 2.45) is 5.92 Å². The molecule has 184 valence electrons. The Morgan fingerprint density at radius 3 is 2.70 bits per heavy atom. The number of urea groups is 1. The van der Waals surface area contributed by atoms with Crippen LogP contribution in [0.3, 0.4) is 0 Å². The Morgan fingerprint density at radius 1 is 1.39 bits per heavy atom. The first kappa shape index (κ1) is 26.9. The predicted octanol–water partition coefficient (Wildman–Crippen LogP) is 1.24. The van der Waals surface area contributed by atoms with E-state index in [-0.39, 0.29) is 42.3 Å². The molecule has 0 fully saturated rings. The fourth-order valence-corrected chi connectivity index (χ4v) is 5.25. The molecule has 2 rings (SSSR count). The van der Waals surface area contributed by atoms with Gasteiger partial charge in [-0.15, -0.1) is 0 Å². The highest BCUT2D eigenvalue weighted by atomic mass is 32.2. The van der Waals surface area contributed by atoms with Crippen LogP contribution >= 0.6 is 0 Å². The van der Waals surface area contributed by atoms with Crippen LogP contribution in [0.4, 0.5) is 4.79 Å². The topological polar surface area (TPSA) is 119 Å². The van der Waals surface area contributed by atoms with Crippen molar-refractivity contribution >= 4 is 16.1 Å². The monoisotopic (exact) mass is 481 g/mol. The van der Waals surface area contributed by atoms with Crippen molar-refractivity contribution in [1.29, 1.82) is 0 Å². The molecular formula is C23H35N3O6S. The van der Waals surface area contributed by atoms with Crippen LogP contribution in [0.15, 0.2) is 23.1 Å². The fraction of sp³-hybridized carbons (Fsp3) is 0.609. The first-order valence-corrected chi connectivity index (χ1v) is 12.6. The zero-order chi connectivity index (χ0) is 24.8. The SMILES string of the molecule is CCCNC(=O)N(C)C[C@@H]1Oc2cc(C#C[C@H](C)O)ccc2S(=O)(=O)N([C@H](C)CO)C[C@H]1C. The van der Waals surface area contributed by atoms with Gasteiger partial charge in [-0.05, 0) is 38.5 Å². The van der Waals surface area contributed by atoms with E-state index >= 15 is 0 Å². The summed E-state index contributed by atoms with van der Waals surface area (Å²) in [5, 5.41) is 22.0. The van der Waals surface area contributed by atoms with E-state index in [9.17, 15) is 23.4 Å². The highest BCUT2D eigenvalue weighted by Crippen LogP contribution is 2.34. The summed E-state index contributed by atoms with van der Waals surface area (Å²) in [7, 11) is -2.29. The second kappa shape index (κ2) is 11.7. The van der Waals surface area contributed by atoms with Gasteiger partial charge in [-0.25, -0.2) is 13.2 Å². The average Bonchev–Trinajstić information content (AvgIpc) is 2.77. The van der Waals surface area contributed by atoms with Crippen molar-refractivity contribution in [2.75, 3.05) is 33.3 Å². The van der Waals surface area contributed by atoms with E-state index in [4.69, 9.17) is 4.74 Å². The number of fused-ring (bicyclic) bond motifs is 1. The molecule has 4 atom stereocenters. The molecule has 9 nitrogen and oxygen atoms in total. The molecule has 0 aromatic heterocycles. The number of sulfonamides is 1. The Hall–Kier alpha value is -2.32. The summed E-state index contributed by atoms with van der Waals surface area (Å²) in [6.07, 6.45) is -0.531. The van der Waals surface area contributed by atoms with Crippen molar-refractivity contribution in [3.8, 4) is 17.6 Å². The number of nitrogens with zero attached hydrogens (tertiary/aromatic N) is 2. The maximum Gasteiger partial charge on any atom is 0.317 e. The molecule has 1 heterocycles. The first-order chi connectivity index (χ1) is 15.5. The van der Waals surface area contributed by atoms with Crippen LogP contribution in [-0.2, 0) is 10.0 Å². The van der Waals surface area contributed by atoms with E-state index in [0.717, 1.165) is 6.42 Å². The summed E-state index contributed by atoms with van der Waals surface area (Å²) < 4.78 is 34.4. The van der Waals surface area contributed by atoms with Crippen molar-refractivity contribution in [3.63, 3.8) is 0 Å². The van der Waals surface area contributed by atoms with Crippen molar-refractivity contribution < 1.29 is 28.2 Å². The van der Waals surface area contributed by atoms with Gasteiger partial charge in [-0.2, -0.15) is 4.31 Å². The van der Waals surface area contributed by atoms with E-state index in [1.54, 1.807) is 20.0 Å². The first-order valence-electron chi connectivity index (χ1n) is 11.1. The molecule has 1 aliphatic heterocycles. The minimum absolute atomic E-state index is 0.0274. The normalized spacial score (nSPS) is 21.8. The number of rotatable bonds is 6. The van der Waals surface area contributed by atoms with Gasteiger partial charge < -0.3 is 25.2 Å². The third-order valence-electron chi connectivity index (χ3n) is 5.42. The van der Waals surface area contributed by atoms with Crippen molar-refractivity contribution in [2.45, 2.75) is 57.3 Å².